The lowest BCUT2D eigenvalue weighted by Gasteiger charge is -2.36. The summed E-state index contributed by atoms with van der Waals surface area (Å²) in [4.78, 5) is 42.1. The molecule has 0 saturated carbocycles. The number of carbonyl (C=O) groups is 2. The number of aromatic amines is 1. The fraction of sp³-hybridized carbons (Fsp3) is 0.438. The first kappa shape index (κ1) is 29.6. The van der Waals surface area contributed by atoms with Crippen molar-refractivity contribution in [1.29, 1.82) is 0 Å². The monoisotopic (exact) mass is 604 g/mol. The Bertz CT molecular complexity index is 1680. The Balaban J connectivity index is 1.06. The average Bonchev–Trinajstić information content (AvgIpc) is 3.42. The van der Waals surface area contributed by atoms with Gasteiger partial charge >= 0.3 is 0 Å². The number of nitrogens with one attached hydrogen (secondary N) is 1. The van der Waals surface area contributed by atoms with Crippen LogP contribution in [0.3, 0.4) is 0 Å². The minimum atomic E-state index is -0.467. The molecule has 4 aromatic rings. The van der Waals surface area contributed by atoms with Gasteiger partial charge in [-0.3, -0.25) is 14.5 Å². The summed E-state index contributed by atoms with van der Waals surface area (Å²) in [6, 6.07) is 8.61. The van der Waals surface area contributed by atoms with Gasteiger partial charge in [-0.25, -0.2) is 14.4 Å². The number of benzene rings is 2. The first-order valence-electron chi connectivity index (χ1n) is 15.0. The summed E-state index contributed by atoms with van der Waals surface area (Å²) >= 11 is 0. The van der Waals surface area contributed by atoms with E-state index < -0.39 is 5.82 Å². The zero-order valence-electron chi connectivity index (χ0n) is 25.3. The van der Waals surface area contributed by atoms with Crippen molar-refractivity contribution in [2.75, 3.05) is 59.5 Å². The van der Waals surface area contributed by atoms with Crippen LogP contribution in [0.15, 0.2) is 36.7 Å². The van der Waals surface area contributed by atoms with Gasteiger partial charge in [-0.05, 0) is 49.9 Å². The number of aromatic nitrogens is 3. The van der Waals surface area contributed by atoms with Crippen molar-refractivity contribution in [3.63, 3.8) is 0 Å². The van der Waals surface area contributed by atoms with E-state index in [2.05, 4.69) is 19.9 Å². The molecule has 232 valence electrons. The molecule has 0 bridgehead atoms. The number of piperidine rings is 1. The number of piperazine rings is 1. The highest BCUT2D eigenvalue weighted by atomic mass is 19.1. The van der Waals surface area contributed by atoms with Crippen LogP contribution in [0, 0.1) is 18.7 Å². The van der Waals surface area contributed by atoms with Gasteiger partial charge in [-0.15, -0.1) is 0 Å². The number of rotatable bonds is 8. The van der Waals surface area contributed by atoms with E-state index in [1.807, 2.05) is 16.7 Å². The minimum absolute atomic E-state index is 0.0659. The third kappa shape index (κ3) is 6.26. The second-order valence-electron chi connectivity index (χ2n) is 11.5. The standard InChI is InChI=1S/C32H37FN6O5/c1-20-14-23-25(36-20)4-5-27(31(23)33)44-32-24-15-28(42-3)29(16-26(24)34-19-35-32)43-18-22-6-8-39(9-7-22)30(41)17-37-10-12-38(13-11-37)21(2)40/h4-5,14-16,19,22,36H,6-13,17-18H2,1-3H3. The van der Waals surface area contributed by atoms with Gasteiger partial charge in [-0.1, -0.05) is 0 Å². The van der Waals surface area contributed by atoms with Crippen LogP contribution in [0.25, 0.3) is 21.8 Å². The Hall–Kier alpha value is -4.45. The highest BCUT2D eigenvalue weighted by molar-refractivity contribution is 5.87. The first-order valence-corrected chi connectivity index (χ1v) is 15.0. The summed E-state index contributed by atoms with van der Waals surface area (Å²) in [6.45, 7) is 8.49. The molecule has 0 aliphatic carbocycles. The van der Waals surface area contributed by atoms with E-state index in [4.69, 9.17) is 14.2 Å². The lowest BCUT2D eigenvalue weighted by molar-refractivity contribution is -0.135. The lowest BCUT2D eigenvalue weighted by Crippen LogP contribution is -2.52. The molecule has 2 aliphatic heterocycles. The normalized spacial score (nSPS) is 16.5. The van der Waals surface area contributed by atoms with Crippen LogP contribution in [0.4, 0.5) is 4.39 Å². The number of methoxy groups -OCH3 is 1. The van der Waals surface area contributed by atoms with E-state index in [0.29, 0.717) is 72.6 Å². The van der Waals surface area contributed by atoms with Crippen LogP contribution < -0.4 is 14.2 Å². The second-order valence-corrected chi connectivity index (χ2v) is 11.5. The average molecular weight is 605 g/mol. The van der Waals surface area contributed by atoms with Crippen LogP contribution in [-0.4, -0.2) is 101 Å². The van der Waals surface area contributed by atoms with Crippen molar-refractivity contribution in [2.24, 2.45) is 5.92 Å². The molecule has 4 heterocycles. The Morgan fingerprint density at radius 2 is 1.73 bits per heavy atom. The van der Waals surface area contributed by atoms with Gasteiger partial charge in [0.25, 0.3) is 0 Å². The summed E-state index contributed by atoms with van der Waals surface area (Å²) < 4.78 is 33.0. The summed E-state index contributed by atoms with van der Waals surface area (Å²) in [5.74, 6) is 1.36. The van der Waals surface area contributed by atoms with Crippen LogP contribution in [0.5, 0.6) is 23.1 Å². The Morgan fingerprint density at radius 1 is 0.955 bits per heavy atom. The molecule has 2 saturated heterocycles. The van der Waals surface area contributed by atoms with Crippen LogP contribution in [-0.2, 0) is 9.59 Å². The summed E-state index contributed by atoms with van der Waals surface area (Å²) in [5, 5.41) is 1.02. The number of H-pyrrole nitrogens is 1. The molecular weight excluding hydrogens is 567 g/mol. The molecule has 2 aromatic carbocycles. The van der Waals surface area contributed by atoms with Crippen LogP contribution in [0.1, 0.15) is 25.5 Å². The fourth-order valence-corrected chi connectivity index (χ4v) is 5.93. The first-order chi connectivity index (χ1) is 21.3. The molecule has 44 heavy (non-hydrogen) atoms. The zero-order chi connectivity index (χ0) is 30.8. The van der Waals surface area contributed by atoms with E-state index in [9.17, 15) is 9.59 Å². The predicted octanol–water partition coefficient (Wildman–Crippen LogP) is 4.14. The summed E-state index contributed by atoms with van der Waals surface area (Å²) in [5.41, 5.74) is 2.13. The molecule has 12 heteroatoms. The number of ether oxygens (including phenoxy) is 3. The number of amides is 2. The molecule has 6 rings (SSSR count). The van der Waals surface area contributed by atoms with Crippen LogP contribution >= 0.6 is 0 Å². The number of aryl methyl sites for hydroxylation is 1. The van der Waals surface area contributed by atoms with Crippen molar-refractivity contribution in [2.45, 2.75) is 26.7 Å². The van der Waals surface area contributed by atoms with Gasteiger partial charge in [0.05, 0.1) is 31.2 Å². The van der Waals surface area contributed by atoms with Gasteiger partial charge in [0.15, 0.2) is 23.1 Å². The second kappa shape index (κ2) is 12.7. The third-order valence-corrected chi connectivity index (χ3v) is 8.55. The largest absolute Gasteiger partial charge is 0.493 e. The third-order valence-electron chi connectivity index (χ3n) is 8.55. The van der Waals surface area contributed by atoms with Crippen molar-refractivity contribution in [3.05, 3.63) is 48.2 Å². The van der Waals surface area contributed by atoms with E-state index in [1.54, 1.807) is 44.4 Å². The molecule has 0 unspecified atom stereocenters. The minimum Gasteiger partial charge on any atom is -0.493 e. The number of carbonyl (C=O) groups excluding carboxylic acids is 2. The smallest absolute Gasteiger partial charge is 0.236 e. The van der Waals surface area contributed by atoms with E-state index >= 15 is 4.39 Å². The molecule has 2 aliphatic rings. The predicted molar refractivity (Wildman–Crippen MR) is 163 cm³/mol. The molecule has 0 radical (unpaired) electrons. The fourth-order valence-electron chi connectivity index (χ4n) is 5.93. The SMILES string of the molecule is COc1cc2c(Oc3ccc4[nH]c(C)cc4c3F)ncnc2cc1OCC1CCN(C(=O)CN2CCN(C(C)=O)CC2)CC1. The number of nitrogens with zero attached hydrogens (tertiary/aromatic N) is 5. The topological polar surface area (TPSA) is 113 Å². The molecular formula is C32H37FN6O5. The number of hydrogen-bond acceptors (Lipinski definition) is 8. The van der Waals surface area contributed by atoms with Crippen molar-refractivity contribution in [1.82, 2.24) is 29.7 Å². The quantitative estimate of drug-likeness (QED) is 0.319. The molecule has 11 nitrogen and oxygen atoms in total. The van der Waals surface area contributed by atoms with Crippen molar-refractivity contribution < 1.29 is 28.2 Å². The lowest BCUT2D eigenvalue weighted by atomic mass is 9.97. The maximum absolute atomic E-state index is 15.2. The van der Waals surface area contributed by atoms with Gasteiger partial charge in [0.1, 0.15) is 6.33 Å². The maximum atomic E-state index is 15.2. The molecule has 2 fully saturated rings. The molecule has 0 spiro atoms. The number of halogens is 1. The van der Waals surface area contributed by atoms with Crippen molar-refractivity contribution in [3.8, 4) is 23.1 Å². The van der Waals surface area contributed by atoms with Gasteiger partial charge in [0, 0.05) is 68.9 Å². The number of hydrogen-bond donors (Lipinski definition) is 1. The number of likely N-dealkylation sites (tertiary alicyclic amines) is 1. The van der Waals surface area contributed by atoms with Gasteiger partial charge in [0.2, 0.25) is 17.7 Å². The Labute approximate surface area is 254 Å². The zero-order valence-corrected chi connectivity index (χ0v) is 25.3. The molecule has 2 amide bonds. The number of fused-ring (bicyclic) bond motifs is 2. The van der Waals surface area contributed by atoms with E-state index in [0.717, 1.165) is 31.6 Å². The Kier molecular flexibility index (Phi) is 8.51. The summed E-state index contributed by atoms with van der Waals surface area (Å²) in [6.07, 6.45) is 3.06. The summed E-state index contributed by atoms with van der Waals surface area (Å²) in [7, 11) is 1.56. The van der Waals surface area contributed by atoms with E-state index in [-0.39, 0.29) is 29.4 Å². The Morgan fingerprint density at radius 3 is 2.45 bits per heavy atom. The van der Waals surface area contributed by atoms with Gasteiger partial charge < -0.3 is 29.0 Å². The highest BCUT2D eigenvalue weighted by Gasteiger charge is 2.27. The van der Waals surface area contributed by atoms with Gasteiger partial charge in [-0.2, -0.15) is 0 Å². The van der Waals surface area contributed by atoms with E-state index in [1.165, 1.54) is 6.33 Å². The molecule has 2 aromatic heterocycles. The van der Waals surface area contributed by atoms with Crippen LogP contribution in [0.2, 0.25) is 0 Å². The van der Waals surface area contributed by atoms with Crippen molar-refractivity contribution >= 4 is 33.6 Å². The molecule has 0 atom stereocenters. The maximum Gasteiger partial charge on any atom is 0.236 e. The highest BCUT2D eigenvalue weighted by Crippen LogP contribution is 2.38. The molecule has 1 N–H and O–H groups in total.